The average molecular weight is 288 g/mol. The topological polar surface area (TPSA) is 74.3 Å². The van der Waals surface area contributed by atoms with E-state index < -0.39 is 6.04 Å². The minimum absolute atomic E-state index is 0.111. The molecule has 1 aliphatic heterocycles. The van der Waals surface area contributed by atoms with Crippen LogP contribution in [0.2, 0.25) is 0 Å². The third-order valence-corrected chi connectivity index (χ3v) is 4.19. The van der Waals surface area contributed by atoms with Crippen molar-refractivity contribution >= 4 is 11.9 Å². The molecule has 1 aromatic rings. The molecule has 1 unspecified atom stereocenters. The van der Waals surface area contributed by atoms with E-state index in [1.807, 2.05) is 23.1 Å². The zero-order valence-corrected chi connectivity index (χ0v) is 11.9. The van der Waals surface area contributed by atoms with Crippen LogP contribution in [0.3, 0.4) is 0 Å². The smallest absolute Gasteiger partial charge is 0.318 e. The number of nitrogens with zero attached hydrogens (tertiary/aromatic N) is 2. The van der Waals surface area contributed by atoms with Crippen LogP contribution in [0.1, 0.15) is 31.4 Å². The Kier molecular flexibility index (Phi) is 4.03. The number of amides is 3. The van der Waals surface area contributed by atoms with E-state index in [1.165, 1.54) is 12.8 Å². The molecule has 1 aromatic heterocycles. The van der Waals surface area contributed by atoms with Gasteiger partial charge in [-0.15, -0.1) is 0 Å². The van der Waals surface area contributed by atoms with E-state index in [0.29, 0.717) is 19.1 Å². The van der Waals surface area contributed by atoms with Crippen molar-refractivity contribution in [1.29, 1.82) is 0 Å². The van der Waals surface area contributed by atoms with Crippen LogP contribution in [0.5, 0.6) is 0 Å². The second-order valence-electron chi connectivity index (χ2n) is 5.63. The number of hydrogen-bond donors (Lipinski definition) is 2. The van der Waals surface area contributed by atoms with E-state index >= 15 is 0 Å². The van der Waals surface area contributed by atoms with Gasteiger partial charge in [0.15, 0.2) is 0 Å². The predicted octanol–water partition coefficient (Wildman–Crippen LogP) is 1.03. The van der Waals surface area contributed by atoms with Gasteiger partial charge in [0.2, 0.25) is 5.91 Å². The standard InChI is InChI=1S/C15H20N4O2/c20-14(17-9-11-5-3-4-8-16-11)13-10-19(15(21)18-13)12-6-1-2-7-12/h3-5,8,12-13H,1-2,6-7,9-10H2,(H,17,20)(H,18,21). The molecule has 6 nitrogen and oxygen atoms in total. The van der Waals surface area contributed by atoms with E-state index in [-0.39, 0.29) is 11.9 Å². The Morgan fingerprint density at radius 3 is 2.90 bits per heavy atom. The van der Waals surface area contributed by atoms with Gasteiger partial charge in [0.25, 0.3) is 0 Å². The first kappa shape index (κ1) is 13.9. The first-order valence-electron chi connectivity index (χ1n) is 7.49. The molecular weight excluding hydrogens is 268 g/mol. The van der Waals surface area contributed by atoms with Gasteiger partial charge in [0, 0.05) is 12.2 Å². The van der Waals surface area contributed by atoms with Gasteiger partial charge < -0.3 is 15.5 Å². The third-order valence-electron chi connectivity index (χ3n) is 4.19. The van der Waals surface area contributed by atoms with E-state index in [4.69, 9.17) is 0 Å². The molecule has 112 valence electrons. The zero-order chi connectivity index (χ0) is 14.7. The van der Waals surface area contributed by atoms with Gasteiger partial charge in [-0.3, -0.25) is 9.78 Å². The van der Waals surface area contributed by atoms with E-state index in [0.717, 1.165) is 18.5 Å². The molecule has 0 radical (unpaired) electrons. The summed E-state index contributed by atoms with van der Waals surface area (Å²) in [4.78, 5) is 30.1. The van der Waals surface area contributed by atoms with Gasteiger partial charge in [0.05, 0.1) is 18.8 Å². The lowest BCUT2D eigenvalue weighted by molar-refractivity contribution is -0.122. The van der Waals surface area contributed by atoms with Crippen LogP contribution in [0, 0.1) is 0 Å². The number of carbonyl (C=O) groups is 2. The summed E-state index contributed by atoms with van der Waals surface area (Å²) in [6, 6.07) is 5.31. The highest BCUT2D eigenvalue weighted by Crippen LogP contribution is 2.25. The van der Waals surface area contributed by atoms with Crippen molar-refractivity contribution in [2.75, 3.05) is 6.54 Å². The van der Waals surface area contributed by atoms with Gasteiger partial charge in [-0.2, -0.15) is 0 Å². The van der Waals surface area contributed by atoms with Crippen molar-refractivity contribution in [3.05, 3.63) is 30.1 Å². The molecule has 1 atom stereocenters. The zero-order valence-electron chi connectivity index (χ0n) is 11.9. The maximum absolute atomic E-state index is 12.1. The molecule has 2 N–H and O–H groups in total. The Morgan fingerprint density at radius 1 is 1.38 bits per heavy atom. The maximum atomic E-state index is 12.1. The van der Waals surface area contributed by atoms with Gasteiger partial charge >= 0.3 is 6.03 Å². The molecule has 2 heterocycles. The summed E-state index contributed by atoms with van der Waals surface area (Å²) in [6.45, 7) is 0.854. The highest BCUT2D eigenvalue weighted by Gasteiger charge is 2.37. The Balaban J connectivity index is 1.52. The molecule has 0 aromatic carbocycles. The Bertz CT molecular complexity index is 514. The Labute approximate surface area is 123 Å². The van der Waals surface area contributed by atoms with Crippen molar-refractivity contribution in [3.63, 3.8) is 0 Å². The van der Waals surface area contributed by atoms with Gasteiger partial charge in [-0.25, -0.2) is 4.79 Å². The molecule has 2 fully saturated rings. The molecule has 1 aliphatic carbocycles. The van der Waals surface area contributed by atoms with Crippen LogP contribution in [-0.4, -0.2) is 40.5 Å². The normalized spacial score (nSPS) is 22.4. The highest BCUT2D eigenvalue weighted by molar-refractivity contribution is 5.90. The van der Waals surface area contributed by atoms with Gasteiger partial charge in [-0.05, 0) is 25.0 Å². The lowest BCUT2D eigenvalue weighted by Crippen LogP contribution is -2.42. The van der Waals surface area contributed by atoms with Crippen LogP contribution < -0.4 is 10.6 Å². The van der Waals surface area contributed by atoms with Crippen LogP contribution in [-0.2, 0) is 11.3 Å². The summed E-state index contributed by atoms with van der Waals surface area (Å²) in [5.41, 5.74) is 0.808. The third kappa shape index (κ3) is 3.15. The molecule has 0 spiro atoms. The molecule has 3 amide bonds. The lowest BCUT2D eigenvalue weighted by atomic mass is 10.2. The fourth-order valence-corrected chi connectivity index (χ4v) is 3.04. The van der Waals surface area contributed by atoms with Gasteiger partial charge in [-0.1, -0.05) is 18.9 Å². The van der Waals surface area contributed by atoms with Crippen LogP contribution in [0.4, 0.5) is 4.79 Å². The second-order valence-corrected chi connectivity index (χ2v) is 5.63. The number of rotatable bonds is 4. The minimum atomic E-state index is -0.457. The molecule has 0 bridgehead atoms. The fourth-order valence-electron chi connectivity index (χ4n) is 3.04. The van der Waals surface area contributed by atoms with Crippen molar-refractivity contribution in [2.24, 2.45) is 0 Å². The first-order valence-corrected chi connectivity index (χ1v) is 7.49. The number of urea groups is 1. The van der Waals surface area contributed by atoms with E-state index in [1.54, 1.807) is 6.20 Å². The molecule has 1 saturated carbocycles. The van der Waals surface area contributed by atoms with Crippen molar-refractivity contribution < 1.29 is 9.59 Å². The summed E-state index contributed by atoms with van der Waals surface area (Å²) in [5.74, 6) is -0.144. The lowest BCUT2D eigenvalue weighted by Gasteiger charge is -2.22. The highest BCUT2D eigenvalue weighted by atomic mass is 16.2. The maximum Gasteiger partial charge on any atom is 0.318 e. The predicted molar refractivity (Wildman–Crippen MR) is 77.4 cm³/mol. The monoisotopic (exact) mass is 288 g/mol. The molecule has 2 aliphatic rings. The minimum Gasteiger partial charge on any atom is -0.349 e. The number of aromatic nitrogens is 1. The van der Waals surface area contributed by atoms with Gasteiger partial charge in [0.1, 0.15) is 6.04 Å². The Morgan fingerprint density at radius 2 is 2.19 bits per heavy atom. The summed E-state index contributed by atoms with van der Waals surface area (Å²) in [5, 5.41) is 5.60. The second kappa shape index (κ2) is 6.11. The van der Waals surface area contributed by atoms with E-state index in [2.05, 4.69) is 15.6 Å². The number of pyridine rings is 1. The van der Waals surface area contributed by atoms with Crippen LogP contribution in [0.15, 0.2) is 24.4 Å². The Hall–Kier alpha value is -2.11. The first-order chi connectivity index (χ1) is 10.2. The quantitative estimate of drug-likeness (QED) is 0.869. The number of nitrogens with one attached hydrogen (secondary N) is 2. The molecule has 6 heteroatoms. The van der Waals surface area contributed by atoms with Crippen molar-refractivity contribution in [1.82, 2.24) is 20.5 Å². The summed E-state index contributed by atoms with van der Waals surface area (Å²) in [7, 11) is 0. The van der Waals surface area contributed by atoms with Crippen molar-refractivity contribution in [3.8, 4) is 0 Å². The molecule has 21 heavy (non-hydrogen) atoms. The van der Waals surface area contributed by atoms with Crippen molar-refractivity contribution in [2.45, 2.75) is 44.3 Å². The van der Waals surface area contributed by atoms with Crippen LogP contribution >= 0.6 is 0 Å². The van der Waals surface area contributed by atoms with E-state index in [9.17, 15) is 9.59 Å². The largest absolute Gasteiger partial charge is 0.349 e. The summed E-state index contributed by atoms with van der Waals surface area (Å²) >= 11 is 0. The number of hydrogen-bond acceptors (Lipinski definition) is 3. The SMILES string of the molecule is O=C(NCc1ccccn1)C1CN(C2CCCC2)C(=O)N1. The average Bonchev–Trinajstić information content (AvgIpc) is 3.15. The fraction of sp³-hybridized carbons (Fsp3) is 0.533. The summed E-state index contributed by atoms with van der Waals surface area (Å²) < 4.78 is 0. The van der Waals surface area contributed by atoms with Crippen LogP contribution in [0.25, 0.3) is 0 Å². The molecule has 3 rings (SSSR count). The molecular formula is C15H20N4O2. The summed E-state index contributed by atoms with van der Waals surface area (Å²) in [6.07, 6.45) is 6.14. The number of carbonyl (C=O) groups excluding carboxylic acids is 2. The molecule has 1 saturated heterocycles.